The Labute approximate surface area is 153 Å². The van der Waals surface area contributed by atoms with E-state index in [9.17, 15) is 14.4 Å². The van der Waals surface area contributed by atoms with Gasteiger partial charge in [0.1, 0.15) is 0 Å². The fourth-order valence-electron chi connectivity index (χ4n) is 3.16. The third-order valence-corrected chi connectivity index (χ3v) is 4.52. The van der Waals surface area contributed by atoms with E-state index in [0.29, 0.717) is 50.2 Å². The zero-order chi connectivity index (χ0) is 18.9. The monoisotopic (exact) mass is 361 g/mol. The number of benzene rings is 1. The van der Waals surface area contributed by atoms with Gasteiger partial charge >= 0.3 is 0 Å². The SMILES string of the molecule is COCCNC(=O)C1CCC(C(=O)Nc2cccc(NC(C)=O)c2)CC1. The highest BCUT2D eigenvalue weighted by molar-refractivity contribution is 5.94. The molecule has 3 N–H and O–H groups in total. The topological polar surface area (TPSA) is 96.5 Å². The van der Waals surface area contributed by atoms with E-state index in [0.717, 1.165) is 0 Å². The molecule has 0 atom stereocenters. The van der Waals surface area contributed by atoms with Crippen molar-refractivity contribution < 1.29 is 19.1 Å². The first-order valence-corrected chi connectivity index (χ1v) is 8.94. The first kappa shape index (κ1) is 19.9. The first-order valence-electron chi connectivity index (χ1n) is 8.94. The largest absolute Gasteiger partial charge is 0.383 e. The summed E-state index contributed by atoms with van der Waals surface area (Å²) >= 11 is 0. The molecule has 0 aliphatic heterocycles. The molecule has 0 unspecified atom stereocenters. The summed E-state index contributed by atoms with van der Waals surface area (Å²) in [5.41, 5.74) is 1.30. The molecule has 2 rings (SSSR count). The number of amides is 3. The van der Waals surface area contributed by atoms with Crippen molar-refractivity contribution >= 4 is 29.1 Å². The van der Waals surface area contributed by atoms with Gasteiger partial charge < -0.3 is 20.7 Å². The summed E-state index contributed by atoms with van der Waals surface area (Å²) in [6.45, 7) is 2.45. The van der Waals surface area contributed by atoms with Crippen molar-refractivity contribution in [3.63, 3.8) is 0 Å². The van der Waals surface area contributed by atoms with E-state index in [-0.39, 0.29) is 29.6 Å². The normalized spacial score (nSPS) is 19.5. The summed E-state index contributed by atoms with van der Waals surface area (Å²) < 4.78 is 4.92. The number of ether oxygens (including phenoxy) is 1. The van der Waals surface area contributed by atoms with Crippen LogP contribution in [0.4, 0.5) is 11.4 Å². The highest BCUT2D eigenvalue weighted by Gasteiger charge is 2.29. The van der Waals surface area contributed by atoms with Crippen molar-refractivity contribution in [2.24, 2.45) is 11.8 Å². The fourth-order valence-corrected chi connectivity index (χ4v) is 3.16. The van der Waals surface area contributed by atoms with Crippen LogP contribution in [-0.2, 0) is 19.1 Å². The van der Waals surface area contributed by atoms with Crippen molar-refractivity contribution in [3.05, 3.63) is 24.3 Å². The molecule has 1 aliphatic rings. The molecule has 7 heteroatoms. The second-order valence-corrected chi connectivity index (χ2v) is 6.58. The number of hydrogen-bond acceptors (Lipinski definition) is 4. The Morgan fingerprint density at radius 3 is 2.15 bits per heavy atom. The molecule has 0 radical (unpaired) electrons. The lowest BCUT2D eigenvalue weighted by Gasteiger charge is -2.27. The standard InChI is InChI=1S/C19H27N3O4/c1-13(23)21-16-4-3-5-17(12-16)22-19(25)15-8-6-14(7-9-15)18(24)20-10-11-26-2/h3-5,12,14-15H,6-11H2,1-2H3,(H,20,24)(H,21,23)(H,22,25). The maximum Gasteiger partial charge on any atom is 0.227 e. The van der Waals surface area contributed by atoms with Crippen molar-refractivity contribution in [3.8, 4) is 0 Å². The number of carbonyl (C=O) groups is 3. The van der Waals surface area contributed by atoms with Gasteiger partial charge in [-0.2, -0.15) is 0 Å². The number of anilines is 2. The molecule has 1 aliphatic carbocycles. The summed E-state index contributed by atoms with van der Waals surface area (Å²) in [5.74, 6) is -0.274. The van der Waals surface area contributed by atoms with Crippen molar-refractivity contribution in [1.29, 1.82) is 0 Å². The van der Waals surface area contributed by atoms with Crippen molar-refractivity contribution in [2.45, 2.75) is 32.6 Å². The average molecular weight is 361 g/mol. The predicted molar refractivity (Wildman–Crippen MR) is 99.7 cm³/mol. The van der Waals surface area contributed by atoms with Gasteiger partial charge in [0.15, 0.2) is 0 Å². The summed E-state index contributed by atoms with van der Waals surface area (Å²) in [5, 5.41) is 8.46. The number of methoxy groups -OCH3 is 1. The number of rotatable bonds is 7. The maximum absolute atomic E-state index is 12.5. The summed E-state index contributed by atoms with van der Waals surface area (Å²) in [6, 6.07) is 7.07. The van der Waals surface area contributed by atoms with Gasteiger partial charge in [0, 0.05) is 43.8 Å². The Balaban J connectivity index is 1.81. The third kappa shape index (κ3) is 6.15. The minimum Gasteiger partial charge on any atom is -0.383 e. The molecule has 0 aromatic heterocycles. The zero-order valence-corrected chi connectivity index (χ0v) is 15.3. The lowest BCUT2D eigenvalue weighted by Crippen LogP contribution is -2.36. The van der Waals surface area contributed by atoms with Crippen LogP contribution in [0, 0.1) is 11.8 Å². The minimum atomic E-state index is -0.157. The molecule has 1 fully saturated rings. The predicted octanol–water partition coefficient (Wildman–Crippen LogP) is 2.15. The lowest BCUT2D eigenvalue weighted by molar-refractivity contribution is -0.128. The van der Waals surface area contributed by atoms with Gasteiger partial charge in [-0.1, -0.05) is 6.07 Å². The van der Waals surface area contributed by atoms with Crippen LogP contribution in [0.2, 0.25) is 0 Å². The van der Waals surface area contributed by atoms with Crippen LogP contribution in [0.15, 0.2) is 24.3 Å². The zero-order valence-electron chi connectivity index (χ0n) is 15.3. The molecule has 1 saturated carbocycles. The van der Waals surface area contributed by atoms with E-state index in [1.807, 2.05) is 0 Å². The summed E-state index contributed by atoms with van der Waals surface area (Å²) in [7, 11) is 1.60. The summed E-state index contributed by atoms with van der Waals surface area (Å²) in [4.78, 5) is 35.7. The maximum atomic E-state index is 12.5. The van der Waals surface area contributed by atoms with Crippen LogP contribution in [-0.4, -0.2) is 38.0 Å². The van der Waals surface area contributed by atoms with Crippen LogP contribution in [0.25, 0.3) is 0 Å². The molecule has 142 valence electrons. The van der Waals surface area contributed by atoms with Crippen molar-refractivity contribution in [1.82, 2.24) is 5.32 Å². The van der Waals surface area contributed by atoms with Crippen LogP contribution < -0.4 is 16.0 Å². The van der Waals surface area contributed by atoms with E-state index in [4.69, 9.17) is 4.74 Å². The Kier molecular flexibility index (Phi) is 7.59. The Morgan fingerprint density at radius 2 is 1.58 bits per heavy atom. The molecule has 1 aromatic carbocycles. The molecular weight excluding hydrogens is 334 g/mol. The molecule has 0 bridgehead atoms. The van der Waals surface area contributed by atoms with Gasteiger partial charge in [-0.15, -0.1) is 0 Å². The first-order chi connectivity index (χ1) is 12.5. The van der Waals surface area contributed by atoms with Crippen molar-refractivity contribution in [2.75, 3.05) is 30.9 Å². The van der Waals surface area contributed by atoms with E-state index >= 15 is 0 Å². The van der Waals surface area contributed by atoms with Gasteiger partial charge in [0.05, 0.1) is 6.61 Å². The lowest BCUT2D eigenvalue weighted by atomic mass is 9.81. The highest BCUT2D eigenvalue weighted by Crippen LogP contribution is 2.30. The third-order valence-electron chi connectivity index (χ3n) is 4.52. The molecule has 0 heterocycles. The molecule has 26 heavy (non-hydrogen) atoms. The summed E-state index contributed by atoms with van der Waals surface area (Å²) in [6.07, 6.45) is 2.81. The number of carbonyl (C=O) groups excluding carboxylic acids is 3. The molecule has 3 amide bonds. The Morgan fingerprint density at radius 1 is 1.00 bits per heavy atom. The Hall–Kier alpha value is -2.41. The van der Waals surface area contributed by atoms with Gasteiger partial charge in [-0.3, -0.25) is 14.4 Å². The van der Waals surface area contributed by atoms with Gasteiger partial charge in [0.25, 0.3) is 0 Å². The van der Waals surface area contributed by atoms with Gasteiger partial charge in [-0.25, -0.2) is 0 Å². The number of hydrogen-bond donors (Lipinski definition) is 3. The molecule has 7 nitrogen and oxygen atoms in total. The smallest absolute Gasteiger partial charge is 0.227 e. The molecular formula is C19H27N3O4. The molecule has 0 saturated heterocycles. The van der Waals surface area contributed by atoms with Gasteiger partial charge in [-0.05, 0) is 43.9 Å². The van der Waals surface area contributed by atoms with E-state index < -0.39 is 0 Å². The fraction of sp³-hybridized carbons (Fsp3) is 0.526. The van der Waals surface area contributed by atoms with Crippen LogP contribution >= 0.6 is 0 Å². The quantitative estimate of drug-likeness (QED) is 0.648. The number of nitrogens with one attached hydrogen (secondary N) is 3. The minimum absolute atomic E-state index is 0.0287. The Bertz CT molecular complexity index is 639. The van der Waals surface area contributed by atoms with Crippen LogP contribution in [0.1, 0.15) is 32.6 Å². The van der Waals surface area contributed by atoms with E-state index in [1.165, 1.54) is 6.92 Å². The molecule has 0 spiro atoms. The second kappa shape index (κ2) is 9.91. The highest BCUT2D eigenvalue weighted by atomic mass is 16.5. The van der Waals surface area contributed by atoms with Crippen LogP contribution in [0.5, 0.6) is 0 Å². The second-order valence-electron chi connectivity index (χ2n) is 6.58. The van der Waals surface area contributed by atoms with E-state index in [2.05, 4.69) is 16.0 Å². The van der Waals surface area contributed by atoms with Crippen LogP contribution in [0.3, 0.4) is 0 Å². The van der Waals surface area contributed by atoms with Gasteiger partial charge in [0.2, 0.25) is 17.7 Å². The van der Waals surface area contributed by atoms with E-state index in [1.54, 1.807) is 31.4 Å². The molecule has 1 aromatic rings. The average Bonchev–Trinajstić information content (AvgIpc) is 2.61.